The van der Waals surface area contributed by atoms with E-state index >= 15 is 0 Å². The zero-order valence-corrected chi connectivity index (χ0v) is 10.8. The first-order chi connectivity index (χ1) is 9.61. The second kappa shape index (κ2) is 6.34. The topological polar surface area (TPSA) is 38.7 Å². The predicted octanol–water partition coefficient (Wildman–Crippen LogP) is 3.09. The van der Waals surface area contributed by atoms with Gasteiger partial charge >= 0.3 is 0 Å². The molecule has 20 heavy (non-hydrogen) atoms. The number of aliphatic hydroxyl groups excluding tert-OH is 1. The molecule has 2 rings (SSSR count). The normalized spacial score (nSPS) is 12.0. The van der Waals surface area contributed by atoms with E-state index < -0.39 is 17.7 Å². The molecule has 1 unspecified atom stereocenters. The average Bonchev–Trinajstić information content (AvgIpc) is 2.47. The molecule has 1 N–H and O–H groups in total. The molecule has 0 aliphatic rings. The number of hydrogen-bond acceptors (Lipinski definition) is 3. The summed E-state index contributed by atoms with van der Waals surface area (Å²) < 4.78 is 36.6. The number of benzene rings is 2. The number of rotatable bonds is 5. The fraction of sp³-hybridized carbons (Fsp3) is 0.200. The second-order valence-electron chi connectivity index (χ2n) is 4.14. The lowest BCUT2D eigenvalue weighted by Gasteiger charge is -2.15. The summed E-state index contributed by atoms with van der Waals surface area (Å²) in [6.45, 7) is -0.208. The molecule has 0 spiro atoms. The largest absolute Gasteiger partial charge is 0.496 e. The average molecular weight is 280 g/mol. The van der Waals surface area contributed by atoms with Crippen molar-refractivity contribution in [1.82, 2.24) is 0 Å². The van der Waals surface area contributed by atoms with Gasteiger partial charge in [0.2, 0.25) is 0 Å². The van der Waals surface area contributed by atoms with Gasteiger partial charge in [-0.1, -0.05) is 18.2 Å². The molecular formula is C15H14F2O3. The van der Waals surface area contributed by atoms with Crippen LogP contribution in [0.4, 0.5) is 8.78 Å². The van der Waals surface area contributed by atoms with Gasteiger partial charge in [0.05, 0.1) is 7.11 Å². The van der Waals surface area contributed by atoms with Crippen molar-refractivity contribution in [2.75, 3.05) is 13.7 Å². The summed E-state index contributed by atoms with van der Waals surface area (Å²) in [7, 11) is 1.48. The Bertz CT molecular complexity index is 587. The number of halogens is 2. The standard InChI is InChI=1S/C15H14F2O3/c1-19-14-5-3-2-4-11(14)13(18)9-20-15-8-10(16)6-7-12(15)17/h2-8,13,18H,9H2,1H3. The van der Waals surface area contributed by atoms with Crippen molar-refractivity contribution < 1.29 is 23.4 Å². The predicted molar refractivity (Wildman–Crippen MR) is 69.8 cm³/mol. The zero-order valence-electron chi connectivity index (χ0n) is 10.8. The Morgan fingerprint density at radius 2 is 1.85 bits per heavy atom. The summed E-state index contributed by atoms with van der Waals surface area (Å²) in [6, 6.07) is 9.78. The van der Waals surface area contributed by atoms with Gasteiger partial charge in [-0.25, -0.2) is 8.78 Å². The Hall–Kier alpha value is -2.14. The Labute approximate surface area is 115 Å². The molecule has 0 aliphatic carbocycles. The van der Waals surface area contributed by atoms with E-state index in [1.807, 2.05) is 0 Å². The minimum absolute atomic E-state index is 0.208. The van der Waals surface area contributed by atoms with Crippen LogP contribution in [0.15, 0.2) is 42.5 Å². The lowest BCUT2D eigenvalue weighted by Crippen LogP contribution is -2.11. The van der Waals surface area contributed by atoms with Crippen molar-refractivity contribution in [3.05, 3.63) is 59.7 Å². The summed E-state index contributed by atoms with van der Waals surface area (Å²) in [5.41, 5.74) is 0.520. The van der Waals surface area contributed by atoms with E-state index in [1.165, 1.54) is 7.11 Å². The van der Waals surface area contributed by atoms with E-state index in [0.717, 1.165) is 18.2 Å². The Balaban J connectivity index is 2.08. The van der Waals surface area contributed by atoms with E-state index in [4.69, 9.17) is 9.47 Å². The zero-order chi connectivity index (χ0) is 14.5. The monoisotopic (exact) mass is 280 g/mol. The number of methoxy groups -OCH3 is 1. The highest BCUT2D eigenvalue weighted by atomic mass is 19.1. The van der Waals surface area contributed by atoms with Crippen LogP contribution in [0.2, 0.25) is 0 Å². The van der Waals surface area contributed by atoms with Gasteiger partial charge in [-0.2, -0.15) is 0 Å². The summed E-state index contributed by atoms with van der Waals surface area (Å²) in [4.78, 5) is 0. The maximum atomic E-state index is 13.4. The molecule has 0 amide bonds. The van der Waals surface area contributed by atoms with Crippen LogP contribution >= 0.6 is 0 Å². The van der Waals surface area contributed by atoms with Crippen LogP contribution < -0.4 is 9.47 Å². The van der Waals surface area contributed by atoms with E-state index in [-0.39, 0.29) is 12.4 Å². The summed E-state index contributed by atoms with van der Waals surface area (Å²) in [5.74, 6) is -1.02. The molecule has 1 atom stereocenters. The Morgan fingerprint density at radius 1 is 1.10 bits per heavy atom. The summed E-state index contributed by atoms with van der Waals surface area (Å²) >= 11 is 0. The minimum atomic E-state index is -1.01. The molecule has 5 heteroatoms. The summed E-state index contributed by atoms with van der Waals surface area (Å²) in [5, 5.41) is 10.0. The van der Waals surface area contributed by atoms with Crippen molar-refractivity contribution >= 4 is 0 Å². The van der Waals surface area contributed by atoms with Gasteiger partial charge in [0.1, 0.15) is 24.3 Å². The van der Waals surface area contributed by atoms with Gasteiger partial charge in [-0.05, 0) is 18.2 Å². The number of hydrogen-bond donors (Lipinski definition) is 1. The van der Waals surface area contributed by atoms with Gasteiger partial charge < -0.3 is 14.6 Å². The highest BCUT2D eigenvalue weighted by Crippen LogP contribution is 2.26. The van der Waals surface area contributed by atoms with Crippen molar-refractivity contribution in [3.63, 3.8) is 0 Å². The molecule has 0 fully saturated rings. The van der Waals surface area contributed by atoms with E-state index in [2.05, 4.69) is 0 Å². The van der Waals surface area contributed by atoms with Crippen molar-refractivity contribution in [2.24, 2.45) is 0 Å². The number of para-hydroxylation sites is 1. The maximum absolute atomic E-state index is 13.4. The van der Waals surface area contributed by atoms with Crippen LogP contribution in [0.25, 0.3) is 0 Å². The first-order valence-corrected chi connectivity index (χ1v) is 6.00. The van der Waals surface area contributed by atoms with Crippen molar-refractivity contribution in [2.45, 2.75) is 6.10 Å². The Morgan fingerprint density at radius 3 is 2.60 bits per heavy atom. The lowest BCUT2D eigenvalue weighted by atomic mass is 10.1. The molecule has 0 bridgehead atoms. The van der Waals surface area contributed by atoms with Gasteiger partial charge in [0, 0.05) is 11.6 Å². The van der Waals surface area contributed by atoms with E-state index in [9.17, 15) is 13.9 Å². The molecule has 106 valence electrons. The molecule has 2 aromatic rings. The minimum Gasteiger partial charge on any atom is -0.496 e. The van der Waals surface area contributed by atoms with Gasteiger partial charge in [0.15, 0.2) is 11.6 Å². The Kier molecular flexibility index (Phi) is 4.53. The molecule has 2 aromatic carbocycles. The highest BCUT2D eigenvalue weighted by Gasteiger charge is 2.14. The first kappa shape index (κ1) is 14.3. The number of ether oxygens (including phenoxy) is 2. The van der Waals surface area contributed by atoms with Crippen LogP contribution in [-0.2, 0) is 0 Å². The van der Waals surface area contributed by atoms with Crippen LogP contribution in [-0.4, -0.2) is 18.8 Å². The van der Waals surface area contributed by atoms with Crippen molar-refractivity contribution in [3.8, 4) is 11.5 Å². The van der Waals surface area contributed by atoms with Gasteiger partial charge in [0.25, 0.3) is 0 Å². The molecule has 0 saturated carbocycles. The lowest BCUT2D eigenvalue weighted by molar-refractivity contribution is 0.103. The summed E-state index contributed by atoms with van der Waals surface area (Å²) in [6.07, 6.45) is -1.01. The second-order valence-corrected chi connectivity index (χ2v) is 4.14. The smallest absolute Gasteiger partial charge is 0.165 e. The van der Waals surface area contributed by atoms with Gasteiger partial charge in [-0.3, -0.25) is 0 Å². The van der Waals surface area contributed by atoms with Crippen LogP contribution in [0.1, 0.15) is 11.7 Å². The van der Waals surface area contributed by atoms with Gasteiger partial charge in [-0.15, -0.1) is 0 Å². The highest BCUT2D eigenvalue weighted by molar-refractivity contribution is 5.35. The molecule has 0 saturated heterocycles. The fourth-order valence-corrected chi connectivity index (χ4v) is 1.79. The van der Waals surface area contributed by atoms with Crippen molar-refractivity contribution in [1.29, 1.82) is 0 Å². The van der Waals surface area contributed by atoms with Crippen LogP contribution in [0.5, 0.6) is 11.5 Å². The maximum Gasteiger partial charge on any atom is 0.165 e. The molecular weight excluding hydrogens is 266 g/mol. The van der Waals surface area contributed by atoms with E-state index in [0.29, 0.717) is 11.3 Å². The van der Waals surface area contributed by atoms with Crippen LogP contribution in [0, 0.1) is 11.6 Å². The third-order valence-corrected chi connectivity index (χ3v) is 2.79. The molecule has 0 heterocycles. The van der Waals surface area contributed by atoms with E-state index in [1.54, 1.807) is 24.3 Å². The fourth-order valence-electron chi connectivity index (χ4n) is 1.79. The molecule has 3 nitrogen and oxygen atoms in total. The quantitative estimate of drug-likeness (QED) is 0.914. The third-order valence-electron chi connectivity index (χ3n) is 2.79. The molecule has 0 radical (unpaired) electrons. The molecule has 0 aliphatic heterocycles. The van der Waals surface area contributed by atoms with Crippen LogP contribution in [0.3, 0.4) is 0 Å². The number of aliphatic hydroxyl groups is 1. The SMILES string of the molecule is COc1ccccc1C(O)COc1cc(F)ccc1F. The molecule has 0 aromatic heterocycles. The first-order valence-electron chi connectivity index (χ1n) is 6.00. The third kappa shape index (κ3) is 3.24.